The zero-order valence-electron chi connectivity index (χ0n) is 6.82. The highest BCUT2D eigenvalue weighted by molar-refractivity contribution is 5.80. The van der Waals surface area contributed by atoms with Crippen LogP contribution in [0.5, 0.6) is 0 Å². The standard InChI is InChI=1S/C8H13NO3/c9-7(8(11)12)5-1-3-6(10)4-2-5/h5,7H,1-4,9H2,(H,11,12). The minimum Gasteiger partial charge on any atom is -0.480 e. The molecule has 0 saturated heterocycles. The molecule has 4 heteroatoms. The molecular formula is C8H13NO3. The first-order chi connectivity index (χ1) is 5.61. The van der Waals surface area contributed by atoms with E-state index in [1.807, 2.05) is 0 Å². The fraction of sp³-hybridized carbons (Fsp3) is 0.750. The second-order valence-corrected chi connectivity index (χ2v) is 3.24. The summed E-state index contributed by atoms with van der Waals surface area (Å²) >= 11 is 0. The predicted molar refractivity (Wildman–Crippen MR) is 42.6 cm³/mol. The first kappa shape index (κ1) is 9.19. The summed E-state index contributed by atoms with van der Waals surface area (Å²) in [5.41, 5.74) is 5.43. The van der Waals surface area contributed by atoms with E-state index in [9.17, 15) is 9.59 Å². The summed E-state index contributed by atoms with van der Waals surface area (Å²) in [6, 6.07) is -0.793. The summed E-state index contributed by atoms with van der Waals surface area (Å²) in [5.74, 6) is -0.751. The van der Waals surface area contributed by atoms with E-state index >= 15 is 0 Å². The minimum absolute atomic E-state index is 0.0137. The Balaban J connectivity index is 2.44. The van der Waals surface area contributed by atoms with Crippen LogP contribution in [0, 0.1) is 5.92 Å². The number of ketones is 1. The van der Waals surface area contributed by atoms with Crippen molar-refractivity contribution in [1.29, 1.82) is 0 Å². The lowest BCUT2D eigenvalue weighted by molar-refractivity contribution is -0.140. The number of carboxylic acids is 1. The fourth-order valence-corrected chi connectivity index (χ4v) is 1.52. The van der Waals surface area contributed by atoms with Crippen LogP contribution in [0.15, 0.2) is 0 Å². The molecule has 1 unspecified atom stereocenters. The second-order valence-electron chi connectivity index (χ2n) is 3.24. The molecule has 1 aliphatic carbocycles. The van der Waals surface area contributed by atoms with Gasteiger partial charge in [-0.1, -0.05) is 0 Å². The summed E-state index contributed by atoms with van der Waals surface area (Å²) in [6.45, 7) is 0. The van der Waals surface area contributed by atoms with Crippen LogP contribution in [0.25, 0.3) is 0 Å². The molecule has 4 nitrogen and oxygen atoms in total. The summed E-state index contributed by atoms with van der Waals surface area (Å²) in [4.78, 5) is 21.3. The molecule has 1 fully saturated rings. The molecule has 1 rings (SSSR count). The molecule has 0 amide bonds. The highest BCUT2D eigenvalue weighted by atomic mass is 16.4. The Labute approximate surface area is 70.7 Å². The molecule has 1 atom stereocenters. The van der Waals surface area contributed by atoms with Crippen LogP contribution < -0.4 is 5.73 Å². The molecule has 3 N–H and O–H groups in total. The number of aliphatic carboxylic acids is 1. The van der Waals surface area contributed by atoms with Gasteiger partial charge in [-0.15, -0.1) is 0 Å². The monoisotopic (exact) mass is 171 g/mol. The number of carbonyl (C=O) groups excluding carboxylic acids is 1. The minimum atomic E-state index is -0.964. The van der Waals surface area contributed by atoms with E-state index in [1.165, 1.54) is 0 Å². The van der Waals surface area contributed by atoms with Crippen molar-refractivity contribution in [3.05, 3.63) is 0 Å². The van der Waals surface area contributed by atoms with Crippen LogP contribution in [-0.4, -0.2) is 22.9 Å². The maximum absolute atomic E-state index is 10.8. The van der Waals surface area contributed by atoms with Gasteiger partial charge in [-0.3, -0.25) is 9.59 Å². The molecule has 0 aliphatic heterocycles. The summed E-state index contributed by atoms with van der Waals surface area (Å²) in [5, 5.41) is 8.59. The molecule has 0 aromatic carbocycles. The molecule has 1 saturated carbocycles. The van der Waals surface area contributed by atoms with Crippen LogP contribution in [-0.2, 0) is 9.59 Å². The summed E-state index contributed by atoms with van der Waals surface area (Å²) in [7, 11) is 0. The van der Waals surface area contributed by atoms with Gasteiger partial charge in [0.1, 0.15) is 11.8 Å². The topological polar surface area (TPSA) is 80.4 Å². The normalized spacial score (nSPS) is 22.2. The smallest absolute Gasteiger partial charge is 0.320 e. The summed E-state index contributed by atoms with van der Waals surface area (Å²) in [6.07, 6.45) is 2.25. The number of hydrogen-bond donors (Lipinski definition) is 2. The molecule has 68 valence electrons. The lowest BCUT2D eigenvalue weighted by atomic mass is 9.84. The van der Waals surface area contributed by atoms with E-state index < -0.39 is 12.0 Å². The van der Waals surface area contributed by atoms with E-state index in [-0.39, 0.29) is 11.7 Å². The third-order valence-corrected chi connectivity index (χ3v) is 2.38. The van der Waals surface area contributed by atoms with Gasteiger partial charge in [0.15, 0.2) is 0 Å². The van der Waals surface area contributed by atoms with Crippen molar-refractivity contribution >= 4 is 11.8 Å². The van der Waals surface area contributed by atoms with Crippen molar-refractivity contribution in [3.63, 3.8) is 0 Å². The van der Waals surface area contributed by atoms with Gasteiger partial charge in [-0.25, -0.2) is 0 Å². The van der Waals surface area contributed by atoms with E-state index in [4.69, 9.17) is 10.8 Å². The Morgan fingerprint density at radius 3 is 2.42 bits per heavy atom. The Hall–Kier alpha value is -0.900. The number of rotatable bonds is 2. The van der Waals surface area contributed by atoms with Gasteiger partial charge in [0.2, 0.25) is 0 Å². The van der Waals surface area contributed by atoms with Crippen molar-refractivity contribution in [3.8, 4) is 0 Å². The third-order valence-electron chi connectivity index (χ3n) is 2.38. The maximum atomic E-state index is 10.8. The highest BCUT2D eigenvalue weighted by Crippen LogP contribution is 2.23. The number of carboxylic acid groups (broad SMARTS) is 1. The largest absolute Gasteiger partial charge is 0.480 e. The second kappa shape index (κ2) is 3.67. The van der Waals surface area contributed by atoms with E-state index in [0.29, 0.717) is 25.7 Å². The van der Waals surface area contributed by atoms with Crippen molar-refractivity contribution in [2.24, 2.45) is 11.7 Å². The molecule has 0 radical (unpaired) electrons. The van der Waals surface area contributed by atoms with Crippen molar-refractivity contribution in [2.45, 2.75) is 31.7 Å². The molecule has 0 heterocycles. The Bertz CT molecular complexity index is 192. The third kappa shape index (κ3) is 2.04. The van der Waals surface area contributed by atoms with Crippen LogP contribution in [0.3, 0.4) is 0 Å². The van der Waals surface area contributed by atoms with Gasteiger partial charge in [0.25, 0.3) is 0 Å². The van der Waals surface area contributed by atoms with E-state index in [2.05, 4.69) is 0 Å². The lowest BCUT2D eigenvalue weighted by Gasteiger charge is -2.23. The zero-order chi connectivity index (χ0) is 9.14. The van der Waals surface area contributed by atoms with Crippen molar-refractivity contribution < 1.29 is 14.7 Å². The Kier molecular flexibility index (Phi) is 2.81. The Morgan fingerprint density at radius 1 is 1.50 bits per heavy atom. The van der Waals surface area contributed by atoms with Crippen LogP contribution in [0.4, 0.5) is 0 Å². The lowest BCUT2D eigenvalue weighted by Crippen LogP contribution is -2.39. The van der Waals surface area contributed by atoms with Gasteiger partial charge >= 0.3 is 5.97 Å². The van der Waals surface area contributed by atoms with E-state index in [1.54, 1.807) is 0 Å². The van der Waals surface area contributed by atoms with Crippen LogP contribution in [0.2, 0.25) is 0 Å². The summed E-state index contributed by atoms with van der Waals surface area (Å²) < 4.78 is 0. The predicted octanol–water partition coefficient (Wildman–Crippen LogP) is 0.158. The molecule has 0 spiro atoms. The van der Waals surface area contributed by atoms with Crippen LogP contribution >= 0.6 is 0 Å². The molecule has 0 bridgehead atoms. The molecule has 0 aromatic rings. The molecule has 12 heavy (non-hydrogen) atoms. The molecule has 0 aromatic heterocycles. The van der Waals surface area contributed by atoms with Gasteiger partial charge < -0.3 is 10.8 Å². The van der Waals surface area contributed by atoms with Crippen molar-refractivity contribution in [1.82, 2.24) is 0 Å². The zero-order valence-corrected chi connectivity index (χ0v) is 6.82. The number of hydrogen-bond acceptors (Lipinski definition) is 3. The van der Waals surface area contributed by atoms with Gasteiger partial charge in [0, 0.05) is 12.8 Å². The Morgan fingerprint density at radius 2 is 2.00 bits per heavy atom. The number of carbonyl (C=O) groups is 2. The molecular weight excluding hydrogens is 158 g/mol. The van der Waals surface area contributed by atoms with Crippen LogP contribution in [0.1, 0.15) is 25.7 Å². The first-order valence-electron chi connectivity index (χ1n) is 4.11. The van der Waals surface area contributed by atoms with Crippen molar-refractivity contribution in [2.75, 3.05) is 0 Å². The number of nitrogens with two attached hydrogens (primary N) is 1. The van der Waals surface area contributed by atoms with Gasteiger partial charge in [-0.2, -0.15) is 0 Å². The number of Topliss-reactive ketones (excluding diaryl/α,β-unsaturated/α-hetero) is 1. The SMILES string of the molecule is NC(C(=O)O)C1CCC(=O)CC1. The molecule has 1 aliphatic rings. The highest BCUT2D eigenvalue weighted by Gasteiger charge is 2.28. The average molecular weight is 171 g/mol. The quantitative estimate of drug-likeness (QED) is 0.620. The first-order valence-corrected chi connectivity index (χ1v) is 4.11. The average Bonchev–Trinajstić information content (AvgIpc) is 2.04. The van der Waals surface area contributed by atoms with Gasteiger partial charge in [0.05, 0.1) is 0 Å². The maximum Gasteiger partial charge on any atom is 0.320 e. The van der Waals surface area contributed by atoms with Gasteiger partial charge in [-0.05, 0) is 18.8 Å². The fourth-order valence-electron chi connectivity index (χ4n) is 1.52. The van der Waals surface area contributed by atoms with E-state index in [0.717, 1.165) is 0 Å².